The lowest BCUT2D eigenvalue weighted by molar-refractivity contribution is -0.347. The van der Waals surface area contributed by atoms with Crippen LogP contribution >= 0.6 is 0 Å². The van der Waals surface area contributed by atoms with Gasteiger partial charge in [0.2, 0.25) is 19.4 Å². The van der Waals surface area contributed by atoms with Crippen LogP contribution in [0.1, 0.15) is 48.6 Å². The number of ether oxygens (including phenoxy) is 9. The molecule has 2 heterocycles. The molecule has 1 saturated heterocycles. The number of carbonyl (C=O) groups is 1. The number of hydrogen-bond acceptors (Lipinski definition) is 10. The lowest BCUT2D eigenvalue weighted by Crippen LogP contribution is -2.48. The van der Waals surface area contributed by atoms with Crippen molar-refractivity contribution in [2.45, 2.75) is 77.1 Å². The first-order valence-electron chi connectivity index (χ1n) is 15.4. The van der Waals surface area contributed by atoms with E-state index < -0.39 is 24.8 Å². The average Bonchev–Trinajstić information content (AvgIpc) is 3.53. The molecule has 3 aromatic carbocycles. The SMILES string of the molecule is CC1OCC(OC(O[C@@H]2c3cc4c(cc3CC[C@@H]2COC=O)OCO4)C(OCc2ccccc2)OCc2ccccc2)C(C)O1. The molecule has 6 atom stereocenters. The zero-order valence-corrected chi connectivity index (χ0v) is 25.6. The van der Waals surface area contributed by atoms with Gasteiger partial charge in [0.05, 0.1) is 38.6 Å². The van der Waals surface area contributed by atoms with E-state index in [4.69, 9.17) is 42.6 Å². The Balaban J connectivity index is 1.33. The van der Waals surface area contributed by atoms with E-state index in [1.165, 1.54) is 0 Å². The number of fused-ring (bicyclic) bond motifs is 2. The molecule has 0 amide bonds. The molecule has 1 aliphatic carbocycles. The molecule has 45 heavy (non-hydrogen) atoms. The molecular formula is C35H40O10. The van der Waals surface area contributed by atoms with E-state index in [-0.39, 0.29) is 44.9 Å². The Morgan fingerprint density at radius 2 is 1.53 bits per heavy atom. The van der Waals surface area contributed by atoms with Crippen LogP contribution in [0.5, 0.6) is 11.5 Å². The molecule has 4 unspecified atom stereocenters. The van der Waals surface area contributed by atoms with Crippen LogP contribution in [-0.2, 0) is 57.6 Å². The molecule has 240 valence electrons. The van der Waals surface area contributed by atoms with Gasteiger partial charge in [-0.2, -0.15) is 0 Å². The van der Waals surface area contributed by atoms with Crippen molar-refractivity contribution in [3.63, 3.8) is 0 Å². The summed E-state index contributed by atoms with van der Waals surface area (Å²) in [5.74, 6) is 1.19. The van der Waals surface area contributed by atoms with E-state index in [1.807, 2.05) is 86.6 Å². The maximum Gasteiger partial charge on any atom is 0.293 e. The summed E-state index contributed by atoms with van der Waals surface area (Å²) in [6.45, 7) is 5.46. The zero-order valence-electron chi connectivity index (χ0n) is 25.6. The van der Waals surface area contributed by atoms with Gasteiger partial charge in [0, 0.05) is 5.92 Å². The van der Waals surface area contributed by atoms with Crippen LogP contribution in [0.25, 0.3) is 0 Å². The number of hydrogen-bond donors (Lipinski definition) is 0. The second-order valence-electron chi connectivity index (χ2n) is 11.4. The van der Waals surface area contributed by atoms with Crippen LogP contribution in [0, 0.1) is 5.92 Å². The lowest BCUT2D eigenvalue weighted by Gasteiger charge is -2.40. The Morgan fingerprint density at radius 3 is 2.18 bits per heavy atom. The second kappa shape index (κ2) is 15.2. The summed E-state index contributed by atoms with van der Waals surface area (Å²) >= 11 is 0. The van der Waals surface area contributed by atoms with Crippen molar-refractivity contribution in [1.82, 2.24) is 0 Å². The zero-order chi connectivity index (χ0) is 31.0. The molecule has 1 fully saturated rings. The number of carbonyl (C=O) groups excluding carboxylic acids is 1. The minimum absolute atomic E-state index is 0.158. The number of rotatable bonds is 14. The Morgan fingerprint density at radius 1 is 0.867 bits per heavy atom. The summed E-state index contributed by atoms with van der Waals surface area (Å²) in [4.78, 5) is 11.3. The number of aryl methyl sites for hydroxylation is 1. The van der Waals surface area contributed by atoms with Crippen molar-refractivity contribution >= 4 is 6.47 Å². The van der Waals surface area contributed by atoms with E-state index in [9.17, 15) is 4.79 Å². The predicted octanol–water partition coefficient (Wildman–Crippen LogP) is 5.46. The van der Waals surface area contributed by atoms with E-state index in [0.29, 0.717) is 24.6 Å². The number of benzene rings is 3. The highest BCUT2D eigenvalue weighted by Crippen LogP contribution is 2.45. The molecule has 10 heteroatoms. The molecule has 10 nitrogen and oxygen atoms in total. The fraction of sp³-hybridized carbons (Fsp3) is 0.457. The predicted molar refractivity (Wildman–Crippen MR) is 161 cm³/mol. The molecule has 0 saturated carbocycles. The molecule has 2 aliphatic heterocycles. The van der Waals surface area contributed by atoms with Crippen molar-refractivity contribution in [3.8, 4) is 11.5 Å². The molecule has 0 radical (unpaired) electrons. The first-order chi connectivity index (χ1) is 22.1. The third-order valence-electron chi connectivity index (χ3n) is 8.28. The van der Waals surface area contributed by atoms with Crippen molar-refractivity contribution in [2.24, 2.45) is 5.92 Å². The Labute approximate surface area is 263 Å². The smallest absolute Gasteiger partial charge is 0.293 e. The normalized spacial score (nSPS) is 24.6. The summed E-state index contributed by atoms with van der Waals surface area (Å²) in [7, 11) is 0. The van der Waals surface area contributed by atoms with Crippen molar-refractivity contribution < 1.29 is 47.4 Å². The van der Waals surface area contributed by atoms with Gasteiger partial charge in [-0.05, 0) is 61.1 Å². The lowest BCUT2D eigenvalue weighted by atomic mass is 9.81. The Bertz CT molecular complexity index is 1330. The fourth-order valence-electron chi connectivity index (χ4n) is 5.88. The third kappa shape index (κ3) is 8.02. The van der Waals surface area contributed by atoms with Crippen LogP contribution in [0.3, 0.4) is 0 Å². The van der Waals surface area contributed by atoms with Crippen LogP contribution in [0.2, 0.25) is 0 Å². The second-order valence-corrected chi connectivity index (χ2v) is 11.4. The molecule has 3 aliphatic rings. The van der Waals surface area contributed by atoms with Gasteiger partial charge in [0.15, 0.2) is 17.8 Å². The van der Waals surface area contributed by atoms with Crippen LogP contribution < -0.4 is 9.47 Å². The summed E-state index contributed by atoms with van der Waals surface area (Å²) in [5.41, 5.74) is 3.94. The summed E-state index contributed by atoms with van der Waals surface area (Å²) < 4.78 is 54.9. The quantitative estimate of drug-likeness (QED) is 0.171. The molecule has 3 aromatic rings. The van der Waals surface area contributed by atoms with Crippen LogP contribution in [-0.4, -0.2) is 57.6 Å². The fourth-order valence-corrected chi connectivity index (χ4v) is 5.88. The first-order valence-corrected chi connectivity index (χ1v) is 15.4. The van der Waals surface area contributed by atoms with Gasteiger partial charge in [-0.15, -0.1) is 0 Å². The maximum atomic E-state index is 11.3. The van der Waals surface area contributed by atoms with Gasteiger partial charge in [-0.1, -0.05) is 60.7 Å². The van der Waals surface area contributed by atoms with E-state index in [0.717, 1.165) is 35.1 Å². The molecule has 0 spiro atoms. The molecule has 6 rings (SSSR count). The van der Waals surface area contributed by atoms with Crippen LogP contribution in [0.15, 0.2) is 72.8 Å². The van der Waals surface area contributed by atoms with E-state index in [1.54, 1.807) is 0 Å². The van der Waals surface area contributed by atoms with Crippen molar-refractivity contribution in [3.05, 3.63) is 95.1 Å². The van der Waals surface area contributed by atoms with Gasteiger partial charge in [0.1, 0.15) is 6.10 Å². The summed E-state index contributed by atoms with van der Waals surface area (Å²) in [5, 5.41) is 0. The highest BCUT2D eigenvalue weighted by Gasteiger charge is 2.40. The Hall–Kier alpha value is -3.51. The maximum absolute atomic E-state index is 11.3. The van der Waals surface area contributed by atoms with Crippen molar-refractivity contribution in [2.75, 3.05) is 20.0 Å². The highest BCUT2D eigenvalue weighted by atomic mass is 16.8. The summed E-state index contributed by atoms with van der Waals surface area (Å²) in [6.07, 6.45) is -2.07. The third-order valence-corrected chi connectivity index (χ3v) is 8.28. The minimum atomic E-state index is -1.01. The van der Waals surface area contributed by atoms with Gasteiger partial charge in [0.25, 0.3) is 6.47 Å². The topological polar surface area (TPSA) is 100 Å². The van der Waals surface area contributed by atoms with E-state index in [2.05, 4.69) is 0 Å². The first kappa shape index (κ1) is 31.5. The molecule has 0 aromatic heterocycles. The Kier molecular flexibility index (Phi) is 10.6. The molecular weight excluding hydrogens is 580 g/mol. The molecule has 0 N–H and O–H groups in total. The standard InChI is InChI=1S/C35H40O10/c1-23-32(20-38-24(2)43-23)44-35(34(39-17-25-9-5-3-6-10-25)40-18-26-11-7-4-8-12-26)45-33-28(19-37-21-36)14-13-27-15-30-31(16-29(27)33)42-22-41-30/h3-12,15-16,21,23-24,28,32-35H,13-14,17-20,22H2,1-2H3/t23?,24?,28-,32?,33+,35?/m1/s1. The van der Waals surface area contributed by atoms with Crippen LogP contribution in [0.4, 0.5) is 0 Å². The van der Waals surface area contributed by atoms with Gasteiger partial charge in [-0.25, -0.2) is 0 Å². The summed E-state index contributed by atoms with van der Waals surface area (Å²) in [6, 6.07) is 23.7. The van der Waals surface area contributed by atoms with Gasteiger partial charge >= 0.3 is 0 Å². The average molecular weight is 621 g/mol. The largest absolute Gasteiger partial charge is 0.467 e. The highest BCUT2D eigenvalue weighted by molar-refractivity contribution is 5.50. The van der Waals surface area contributed by atoms with Gasteiger partial charge in [-0.3, -0.25) is 4.79 Å². The monoisotopic (exact) mass is 620 g/mol. The van der Waals surface area contributed by atoms with Crippen molar-refractivity contribution in [1.29, 1.82) is 0 Å². The van der Waals surface area contributed by atoms with Gasteiger partial charge < -0.3 is 42.6 Å². The minimum Gasteiger partial charge on any atom is -0.467 e. The molecule has 0 bridgehead atoms. The van der Waals surface area contributed by atoms with E-state index >= 15 is 0 Å².